The van der Waals surface area contributed by atoms with Crippen molar-refractivity contribution in [2.45, 2.75) is 64.9 Å². The molecule has 0 aromatic heterocycles. The van der Waals surface area contributed by atoms with Gasteiger partial charge in [0, 0.05) is 37.8 Å². The molecule has 0 N–H and O–H groups in total. The Balaban J connectivity index is 1.55. The lowest BCUT2D eigenvalue weighted by molar-refractivity contribution is -0.105. The summed E-state index contributed by atoms with van der Waals surface area (Å²) in [6.45, 7) is 10.7. The van der Waals surface area contributed by atoms with Gasteiger partial charge in [0.2, 0.25) is 0 Å². The van der Waals surface area contributed by atoms with E-state index in [0.717, 1.165) is 43.9 Å². The zero-order valence-corrected chi connectivity index (χ0v) is 16.9. The van der Waals surface area contributed by atoms with Crippen LogP contribution in [0.15, 0.2) is 24.3 Å². The molecular weight excluding hydrogens is 344 g/mol. The monoisotopic (exact) mass is 376 g/mol. The van der Waals surface area contributed by atoms with Crippen LogP contribution < -0.4 is 9.64 Å². The molecule has 1 unspecified atom stereocenters. The molecule has 2 aliphatic rings. The fourth-order valence-corrected chi connectivity index (χ4v) is 3.51. The normalized spacial score (nSPS) is 23.9. The lowest BCUT2D eigenvalue weighted by Crippen LogP contribution is -2.54. The molecule has 0 saturated carbocycles. The van der Waals surface area contributed by atoms with Crippen LogP contribution in [-0.2, 0) is 9.47 Å². The molecule has 150 valence electrons. The predicted molar refractivity (Wildman–Crippen MR) is 105 cm³/mol. The Labute approximate surface area is 162 Å². The summed E-state index contributed by atoms with van der Waals surface area (Å²) in [6, 6.07) is 8.38. The van der Waals surface area contributed by atoms with Crippen molar-refractivity contribution in [2.24, 2.45) is 0 Å². The predicted octanol–water partition coefficient (Wildman–Crippen LogP) is 4.04. The molecule has 6 heteroatoms. The smallest absolute Gasteiger partial charge is 0.410 e. The highest BCUT2D eigenvalue weighted by Crippen LogP contribution is 2.26. The first-order valence-corrected chi connectivity index (χ1v) is 9.95. The fourth-order valence-electron chi connectivity index (χ4n) is 3.51. The molecule has 6 nitrogen and oxygen atoms in total. The van der Waals surface area contributed by atoms with Gasteiger partial charge < -0.3 is 24.0 Å². The lowest BCUT2D eigenvalue weighted by atomic mass is 10.1. The molecule has 0 radical (unpaired) electrons. The summed E-state index contributed by atoms with van der Waals surface area (Å²) in [5.41, 5.74) is 0.679. The number of amides is 1. The summed E-state index contributed by atoms with van der Waals surface area (Å²) >= 11 is 0. The first-order valence-electron chi connectivity index (χ1n) is 9.95. The van der Waals surface area contributed by atoms with Crippen molar-refractivity contribution in [1.82, 2.24) is 4.90 Å². The average molecular weight is 376 g/mol. The molecule has 1 aromatic carbocycles. The van der Waals surface area contributed by atoms with Crippen LogP contribution in [0.2, 0.25) is 0 Å². The van der Waals surface area contributed by atoms with Gasteiger partial charge in [0.1, 0.15) is 11.4 Å². The quantitative estimate of drug-likeness (QED) is 0.797. The van der Waals surface area contributed by atoms with E-state index >= 15 is 0 Å². The largest absolute Gasteiger partial charge is 0.465 e. The topological polar surface area (TPSA) is 51.2 Å². The SMILES string of the molecule is C[C@@H]1CN(C(=O)OC(C)(C)C)CCN1c1ccc(OC2CCCCO2)cc1. The van der Waals surface area contributed by atoms with Gasteiger partial charge in [-0.15, -0.1) is 0 Å². The van der Waals surface area contributed by atoms with Crippen LogP contribution in [0, 0.1) is 0 Å². The van der Waals surface area contributed by atoms with Crippen LogP contribution in [0.5, 0.6) is 5.75 Å². The van der Waals surface area contributed by atoms with Crippen molar-refractivity contribution < 1.29 is 19.0 Å². The first kappa shape index (κ1) is 19.8. The molecule has 2 atom stereocenters. The number of ether oxygens (including phenoxy) is 3. The van der Waals surface area contributed by atoms with Gasteiger partial charge in [0.25, 0.3) is 0 Å². The number of benzene rings is 1. The molecule has 2 heterocycles. The molecule has 2 aliphatic heterocycles. The van der Waals surface area contributed by atoms with Gasteiger partial charge >= 0.3 is 6.09 Å². The second kappa shape index (κ2) is 8.38. The minimum atomic E-state index is -0.463. The van der Waals surface area contributed by atoms with E-state index in [9.17, 15) is 4.79 Å². The van der Waals surface area contributed by atoms with Crippen molar-refractivity contribution in [3.8, 4) is 5.75 Å². The standard InChI is InChI=1S/C21H32N2O4/c1-16-15-22(20(24)27-21(2,3)4)12-13-23(16)17-8-10-18(11-9-17)26-19-7-5-6-14-25-19/h8-11,16,19H,5-7,12-15H2,1-4H3/t16-,19?/m1/s1. The number of anilines is 1. The van der Waals surface area contributed by atoms with Gasteiger partial charge in [0.15, 0.2) is 6.29 Å². The summed E-state index contributed by atoms with van der Waals surface area (Å²) in [6.07, 6.45) is 2.87. The molecule has 27 heavy (non-hydrogen) atoms. The lowest BCUT2D eigenvalue weighted by Gasteiger charge is -2.41. The second-order valence-electron chi connectivity index (χ2n) is 8.38. The van der Waals surface area contributed by atoms with Gasteiger partial charge in [-0.3, -0.25) is 0 Å². The number of hydrogen-bond acceptors (Lipinski definition) is 5. The van der Waals surface area contributed by atoms with Crippen LogP contribution >= 0.6 is 0 Å². The third-order valence-corrected chi connectivity index (χ3v) is 4.85. The summed E-state index contributed by atoms with van der Waals surface area (Å²) in [4.78, 5) is 16.4. The Morgan fingerprint density at radius 2 is 1.89 bits per heavy atom. The van der Waals surface area contributed by atoms with Crippen molar-refractivity contribution in [3.05, 3.63) is 24.3 Å². The molecular formula is C21H32N2O4. The maximum Gasteiger partial charge on any atom is 0.410 e. The minimum Gasteiger partial charge on any atom is -0.465 e. The van der Waals surface area contributed by atoms with E-state index < -0.39 is 5.60 Å². The van der Waals surface area contributed by atoms with Crippen molar-refractivity contribution in [3.63, 3.8) is 0 Å². The van der Waals surface area contributed by atoms with E-state index in [1.165, 1.54) is 0 Å². The van der Waals surface area contributed by atoms with E-state index in [1.54, 1.807) is 4.90 Å². The third kappa shape index (κ3) is 5.51. The van der Waals surface area contributed by atoms with E-state index in [-0.39, 0.29) is 18.4 Å². The number of rotatable bonds is 3. The molecule has 3 rings (SSSR count). The Bertz CT molecular complexity index is 620. The second-order valence-corrected chi connectivity index (χ2v) is 8.38. The highest BCUT2D eigenvalue weighted by Gasteiger charge is 2.30. The Morgan fingerprint density at radius 3 is 2.48 bits per heavy atom. The van der Waals surface area contributed by atoms with Gasteiger partial charge in [-0.1, -0.05) is 0 Å². The molecule has 1 aromatic rings. The number of nitrogens with zero attached hydrogens (tertiary/aromatic N) is 2. The van der Waals surface area contributed by atoms with Crippen molar-refractivity contribution in [1.29, 1.82) is 0 Å². The van der Waals surface area contributed by atoms with Gasteiger partial charge in [-0.05, 0) is 64.8 Å². The van der Waals surface area contributed by atoms with Crippen LogP contribution in [0.3, 0.4) is 0 Å². The van der Waals surface area contributed by atoms with Crippen LogP contribution in [-0.4, -0.2) is 55.2 Å². The van der Waals surface area contributed by atoms with E-state index in [1.807, 2.05) is 32.9 Å². The maximum absolute atomic E-state index is 12.3. The van der Waals surface area contributed by atoms with Gasteiger partial charge in [-0.25, -0.2) is 4.79 Å². The summed E-state index contributed by atoms with van der Waals surface area (Å²) in [5.74, 6) is 0.839. The summed E-state index contributed by atoms with van der Waals surface area (Å²) in [7, 11) is 0. The number of carbonyl (C=O) groups is 1. The highest BCUT2D eigenvalue weighted by molar-refractivity contribution is 5.69. The first-order chi connectivity index (χ1) is 12.8. The zero-order chi connectivity index (χ0) is 19.4. The van der Waals surface area contributed by atoms with E-state index in [2.05, 4.69) is 24.0 Å². The summed E-state index contributed by atoms with van der Waals surface area (Å²) < 4.78 is 17.0. The van der Waals surface area contributed by atoms with Crippen LogP contribution in [0.4, 0.5) is 10.5 Å². The molecule has 2 fully saturated rings. The minimum absolute atomic E-state index is 0.124. The maximum atomic E-state index is 12.3. The molecule has 2 saturated heterocycles. The Hall–Kier alpha value is -1.95. The number of carbonyl (C=O) groups excluding carboxylic acids is 1. The molecule has 0 bridgehead atoms. The van der Waals surface area contributed by atoms with Crippen LogP contribution in [0.1, 0.15) is 47.0 Å². The van der Waals surface area contributed by atoms with Crippen LogP contribution in [0.25, 0.3) is 0 Å². The average Bonchev–Trinajstić information content (AvgIpc) is 2.62. The van der Waals surface area contributed by atoms with Crippen molar-refractivity contribution in [2.75, 3.05) is 31.1 Å². The zero-order valence-electron chi connectivity index (χ0n) is 16.9. The van der Waals surface area contributed by atoms with Gasteiger partial charge in [0.05, 0.1) is 6.61 Å². The molecule has 0 spiro atoms. The van der Waals surface area contributed by atoms with E-state index in [4.69, 9.17) is 14.2 Å². The highest BCUT2D eigenvalue weighted by atomic mass is 16.7. The Morgan fingerprint density at radius 1 is 1.15 bits per heavy atom. The third-order valence-electron chi connectivity index (χ3n) is 4.85. The number of hydrogen-bond donors (Lipinski definition) is 0. The van der Waals surface area contributed by atoms with Gasteiger partial charge in [-0.2, -0.15) is 0 Å². The molecule has 0 aliphatic carbocycles. The Kier molecular flexibility index (Phi) is 6.15. The molecule has 1 amide bonds. The number of piperazine rings is 1. The van der Waals surface area contributed by atoms with E-state index in [0.29, 0.717) is 13.1 Å². The summed E-state index contributed by atoms with van der Waals surface area (Å²) in [5, 5.41) is 0. The fraction of sp³-hybridized carbons (Fsp3) is 0.667. The van der Waals surface area contributed by atoms with Crippen molar-refractivity contribution >= 4 is 11.8 Å².